The second kappa shape index (κ2) is 4.10. The van der Waals surface area contributed by atoms with Crippen LogP contribution in [0.25, 0.3) is 10.9 Å². The average Bonchev–Trinajstić information content (AvgIpc) is 2.29. The van der Waals surface area contributed by atoms with Gasteiger partial charge in [-0.15, -0.1) is 0 Å². The Labute approximate surface area is 95.0 Å². The number of hydrogen-bond acceptors (Lipinski definition) is 3. The van der Waals surface area contributed by atoms with E-state index in [4.69, 9.17) is 9.47 Å². The molecule has 0 N–H and O–H groups in total. The van der Waals surface area contributed by atoms with Gasteiger partial charge in [0.2, 0.25) is 5.79 Å². The fourth-order valence-electron chi connectivity index (χ4n) is 1.47. The molecule has 0 atom stereocenters. The Morgan fingerprint density at radius 1 is 1.12 bits per heavy atom. The van der Waals surface area contributed by atoms with Crippen molar-refractivity contribution in [2.24, 2.45) is 0 Å². The smallest absolute Gasteiger partial charge is 0.204 e. The summed E-state index contributed by atoms with van der Waals surface area (Å²) in [6, 6.07) is 9.78. The van der Waals surface area contributed by atoms with Gasteiger partial charge >= 0.3 is 0 Å². The summed E-state index contributed by atoms with van der Waals surface area (Å²) in [6.07, 6.45) is 1.76. The zero-order valence-corrected chi connectivity index (χ0v) is 9.73. The molecule has 1 aromatic carbocycles. The Morgan fingerprint density at radius 2 is 1.88 bits per heavy atom. The molecule has 0 amide bonds. The lowest BCUT2D eigenvalue weighted by atomic mass is 10.2. The first-order valence-electron chi connectivity index (χ1n) is 5.20. The Bertz CT molecular complexity index is 489. The average molecular weight is 217 g/mol. The molecular formula is C13H15NO2. The van der Waals surface area contributed by atoms with Crippen LogP contribution in [0.5, 0.6) is 5.75 Å². The van der Waals surface area contributed by atoms with Crippen molar-refractivity contribution < 1.29 is 9.47 Å². The van der Waals surface area contributed by atoms with E-state index in [1.165, 1.54) is 0 Å². The predicted molar refractivity (Wildman–Crippen MR) is 63.5 cm³/mol. The molecule has 0 unspecified atom stereocenters. The highest BCUT2D eigenvalue weighted by molar-refractivity contribution is 5.84. The second-order valence-electron chi connectivity index (χ2n) is 4.04. The Morgan fingerprint density at radius 3 is 2.62 bits per heavy atom. The van der Waals surface area contributed by atoms with Gasteiger partial charge in [0.15, 0.2) is 0 Å². The summed E-state index contributed by atoms with van der Waals surface area (Å²) in [5, 5.41) is 1.06. The maximum absolute atomic E-state index is 5.78. The van der Waals surface area contributed by atoms with Gasteiger partial charge in [-0.2, -0.15) is 0 Å². The van der Waals surface area contributed by atoms with Crippen molar-refractivity contribution in [3.8, 4) is 5.75 Å². The molecule has 0 bridgehead atoms. The highest BCUT2D eigenvalue weighted by Crippen LogP contribution is 2.26. The van der Waals surface area contributed by atoms with E-state index in [2.05, 4.69) is 4.98 Å². The van der Waals surface area contributed by atoms with Crippen LogP contribution in [-0.4, -0.2) is 17.9 Å². The normalized spacial score (nSPS) is 11.7. The summed E-state index contributed by atoms with van der Waals surface area (Å²) < 4.78 is 11.0. The van der Waals surface area contributed by atoms with Crippen molar-refractivity contribution in [3.05, 3.63) is 36.5 Å². The molecule has 0 saturated heterocycles. The summed E-state index contributed by atoms with van der Waals surface area (Å²) >= 11 is 0. The minimum absolute atomic E-state index is 0.647. The van der Waals surface area contributed by atoms with Crippen LogP contribution in [0.4, 0.5) is 0 Å². The number of benzene rings is 1. The van der Waals surface area contributed by atoms with Gasteiger partial charge in [-0.05, 0) is 12.1 Å². The molecule has 1 heterocycles. The third-order valence-corrected chi connectivity index (χ3v) is 2.44. The zero-order chi connectivity index (χ0) is 11.6. The minimum Gasteiger partial charge on any atom is -0.461 e. The van der Waals surface area contributed by atoms with E-state index in [-0.39, 0.29) is 0 Å². The number of nitrogens with zero attached hydrogens (tertiary/aromatic N) is 1. The fourth-order valence-corrected chi connectivity index (χ4v) is 1.47. The molecule has 3 heteroatoms. The zero-order valence-electron chi connectivity index (χ0n) is 9.73. The van der Waals surface area contributed by atoms with E-state index in [0.29, 0.717) is 0 Å². The van der Waals surface area contributed by atoms with Gasteiger partial charge in [0, 0.05) is 32.5 Å². The number of ether oxygens (including phenoxy) is 2. The van der Waals surface area contributed by atoms with Crippen LogP contribution >= 0.6 is 0 Å². The maximum Gasteiger partial charge on any atom is 0.204 e. The highest BCUT2D eigenvalue weighted by Gasteiger charge is 2.19. The summed E-state index contributed by atoms with van der Waals surface area (Å²) in [4.78, 5) is 4.32. The number of fused-ring (bicyclic) bond motifs is 1. The molecule has 84 valence electrons. The molecular weight excluding hydrogens is 202 g/mol. The molecule has 0 aliphatic heterocycles. The molecule has 2 aromatic rings. The molecule has 0 aliphatic carbocycles. The van der Waals surface area contributed by atoms with Crippen molar-refractivity contribution in [1.82, 2.24) is 4.98 Å². The Hall–Kier alpha value is -1.61. The van der Waals surface area contributed by atoms with Gasteiger partial charge < -0.3 is 9.47 Å². The van der Waals surface area contributed by atoms with E-state index in [1.807, 2.05) is 44.2 Å². The molecule has 1 aromatic heterocycles. The number of pyridine rings is 1. The SMILES string of the molecule is COC(C)(C)Oc1cccc2cccnc12. The van der Waals surface area contributed by atoms with Crippen LogP contribution in [0.1, 0.15) is 13.8 Å². The molecule has 16 heavy (non-hydrogen) atoms. The van der Waals surface area contributed by atoms with Crippen molar-refractivity contribution in [1.29, 1.82) is 0 Å². The van der Waals surface area contributed by atoms with E-state index in [1.54, 1.807) is 13.3 Å². The van der Waals surface area contributed by atoms with E-state index >= 15 is 0 Å². The summed E-state index contributed by atoms with van der Waals surface area (Å²) in [5.74, 6) is 0.0937. The fraction of sp³-hybridized carbons (Fsp3) is 0.308. The number of hydrogen-bond donors (Lipinski definition) is 0. The molecule has 2 rings (SSSR count). The molecule has 0 fully saturated rings. The molecule has 0 saturated carbocycles. The summed E-state index contributed by atoms with van der Waals surface area (Å²) in [7, 11) is 1.62. The van der Waals surface area contributed by atoms with Crippen molar-refractivity contribution in [3.63, 3.8) is 0 Å². The standard InChI is InChI=1S/C13H15NO2/c1-13(2,15-3)16-11-8-4-6-10-7-5-9-14-12(10)11/h4-9H,1-3H3. The van der Waals surface area contributed by atoms with E-state index < -0.39 is 5.79 Å². The third-order valence-electron chi connectivity index (χ3n) is 2.44. The third kappa shape index (κ3) is 2.14. The number of rotatable bonds is 3. The van der Waals surface area contributed by atoms with E-state index in [9.17, 15) is 0 Å². The lowest BCUT2D eigenvalue weighted by Gasteiger charge is -2.24. The van der Waals surface area contributed by atoms with E-state index in [0.717, 1.165) is 16.7 Å². The van der Waals surface area contributed by atoms with Gasteiger partial charge in [-0.1, -0.05) is 18.2 Å². The molecule has 0 spiro atoms. The van der Waals surface area contributed by atoms with Crippen LogP contribution in [-0.2, 0) is 4.74 Å². The summed E-state index contributed by atoms with van der Waals surface area (Å²) in [5.41, 5.74) is 0.857. The Kier molecular flexibility index (Phi) is 2.79. The first-order valence-corrected chi connectivity index (χ1v) is 5.20. The topological polar surface area (TPSA) is 31.4 Å². The molecule has 0 radical (unpaired) electrons. The molecule has 0 aliphatic rings. The van der Waals surface area contributed by atoms with Gasteiger partial charge in [0.1, 0.15) is 11.3 Å². The lowest BCUT2D eigenvalue weighted by Crippen LogP contribution is -2.30. The van der Waals surface area contributed by atoms with Crippen LogP contribution in [0.15, 0.2) is 36.5 Å². The first-order chi connectivity index (χ1) is 7.62. The van der Waals surface area contributed by atoms with Gasteiger partial charge in [0.05, 0.1) is 0 Å². The largest absolute Gasteiger partial charge is 0.461 e. The van der Waals surface area contributed by atoms with Crippen LogP contribution in [0.3, 0.4) is 0 Å². The highest BCUT2D eigenvalue weighted by atomic mass is 16.7. The minimum atomic E-state index is -0.647. The summed E-state index contributed by atoms with van der Waals surface area (Å²) in [6.45, 7) is 3.74. The monoisotopic (exact) mass is 217 g/mol. The molecule has 3 nitrogen and oxygen atoms in total. The Balaban J connectivity index is 2.45. The van der Waals surface area contributed by atoms with Gasteiger partial charge in [-0.25, -0.2) is 0 Å². The van der Waals surface area contributed by atoms with Crippen LogP contribution in [0, 0.1) is 0 Å². The lowest BCUT2D eigenvalue weighted by molar-refractivity contribution is -0.133. The first kappa shape index (κ1) is 10.9. The predicted octanol–water partition coefficient (Wildman–Crippen LogP) is 3.00. The number of methoxy groups -OCH3 is 1. The van der Waals surface area contributed by atoms with Crippen molar-refractivity contribution >= 4 is 10.9 Å². The van der Waals surface area contributed by atoms with Gasteiger partial charge in [0.25, 0.3) is 0 Å². The maximum atomic E-state index is 5.78. The van der Waals surface area contributed by atoms with Gasteiger partial charge in [-0.3, -0.25) is 4.98 Å². The van der Waals surface area contributed by atoms with Crippen LogP contribution < -0.4 is 4.74 Å². The second-order valence-corrected chi connectivity index (χ2v) is 4.04. The quantitative estimate of drug-likeness (QED) is 0.740. The number of aromatic nitrogens is 1. The van der Waals surface area contributed by atoms with Crippen molar-refractivity contribution in [2.75, 3.05) is 7.11 Å². The number of para-hydroxylation sites is 1. The van der Waals surface area contributed by atoms with Crippen molar-refractivity contribution in [2.45, 2.75) is 19.6 Å². The van der Waals surface area contributed by atoms with Crippen LogP contribution in [0.2, 0.25) is 0 Å².